The van der Waals surface area contributed by atoms with Gasteiger partial charge in [-0.05, 0) is 40.5 Å². The highest BCUT2D eigenvalue weighted by Crippen LogP contribution is 2.41. The Morgan fingerprint density at radius 3 is 2.38 bits per heavy atom. The largest absolute Gasteiger partial charge is 0.324 e. The summed E-state index contributed by atoms with van der Waals surface area (Å²) in [5, 5.41) is 2.84. The summed E-state index contributed by atoms with van der Waals surface area (Å²) in [7, 11) is 0. The van der Waals surface area contributed by atoms with Gasteiger partial charge in [0.15, 0.2) is 5.78 Å². The molecule has 0 aliphatic carbocycles. The van der Waals surface area contributed by atoms with Crippen LogP contribution in [0, 0.1) is 0 Å². The van der Waals surface area contributed by atoms with E-state index < -0.39 is 5.41 Å². The summed E-state index contributed by atoms with van der Waals surface area (Å²) < 4.78 is 1.46. The minimum Gasteiger partial charge on any atom is -0.324 e. The molecule has 0 saturated carbocycles. The minimum atomic E-state index is -1.22. The molecule has 0 spiro atoms. The van der Waals surface area contributed by atoms with Crippen LogP contribution >= 0.6 is 31.9 Å². The molecule has 3 rings (SSSR count). The molecular weight excluding hydrogens is 398 g/mol. The van der Waals surface area contributed by atoms with Crippen LogP contribution in [0.2, 0.25) is 0 Å². The van der Waals surface area contributed by atoms with E-state index in [-0.39, 0.29) is 11.7 Å². The maximum atomic E-state index is 13.0. The molecule has 1 heterocycles. The van der Waals surface area contributed by atoms with Gasteiger partial charge in [0.2, 0.25) is 5.91 Å². The Labute approximate surface area is 139 Å². The number of hydrogen-bond donors (Lipinski definition) is 1. The zero-order valence-corrected chi connectivity index (χ0v) is 14.3. The first-order chi connectivity index (χ1) is 9.94. The third-order valence-electron chi connectivity index (χ3n) is 3.79. The average Bonchev–Trinajstić information content (AvgIpc) is 2.45. The average molecular weight is 409 g/mol. The molecule has 0 bridgehead atoms. The Morgan fingerprint density at radius 1 is 1.05 bits per heavy atom. The summed E-state index contributed by atoms with van der Waals surface area (Å²) >= 11 is 6.78. The molecule has 21 heavy (non-hydrogen) atoms. The minimum absolute atomic E-state index is 0.202. The fraction of sp³-hybridized carbons (Fsp3) is 0.125. The Balaban J connectivity index is 2.23. The van der Waals surface area contributed by atoms with Crippen molar-refractivity contribution in [2.45, 2.75) is 12.3 Å². The van der Waals surface area contributed by atoms with E-state index in [4.69, 9.17) is 0 Å². The zero-order chi connectivity index (χ0) is 15.2. The number of fused-ring (bicyclic) bond motifs is 1. The maximum absolute atomic E-state index is 13.0. The summed E-state index contributed by atoms with van der Waals surface area (Å²) in [5.41, 5.74) is 0.502. The van der Waals surface area contributed by atoms with Crippen molar-refractivity contribution < 1.29 is 9.59 Å². The molecule has 0 radical (unpaired) electrons. The lowest BCUT2D eigenvalue weighted by atomic mass is 9.73. The van der Waals surface area contributed by atoms with Crippen LogP contribution in [-0.4, -0.2) is 11.7 Å². The molecule has 5 heteroatoms. The van der Waals surface area contributed by atoms with E-state index in [1.807, 2.05) is 18.2 Å². The van der Waals surface area contributed by atoms with Crippen LogP contribution < -0.4 is 5.32 Å². The number of benzene rings is 2. The van der Waals surface area contributed by atoms with Gasteiger partial charge in [0.25, 0.3) is 0 Å². The van der Waals surface area contributed by atoms with Crippen molar-refractivity contribution in [2.75, 3.05) is 5.32 Å². The molecule has 2 aromatic carbocycles. The molecular formula is C16H11Br2NO2. The standard InChI is InChI=1S/C16H11Br2NO2/c1-16(9-5-3-2-4-6-9)14(20)13-11(18)7-10(17)8-12(13)19-15(16)21/h2-8H,1H3,(H,19,21). The summed E-state index contributed by atoms with van der Waals surface area (Å²) in [4.78, 5) is 25.5. The fourth-order valence-electron chi connectivity index (χ4n) is 2.54. The fourth-order valence-corrected chi connectivity index (χ4v) is 3.94. The molecule has 1 aliphatic heterocycles. The van der Waals surface area contributed by atoms with E-state index >= 15 is 0 Å². The lowest BCUT2D eigenvalue weighted by molar-refractivity contribution is -0.119. The normalized spacial score (nSPS) is 20.9. The number of carbonyl (C=O) groups is 2. The Hall–Kier alpha value is -1.46. The van der Waals surface area contributed by atoms with Gasteiger partial charge in [-0.15, -0.1) is 0 Å². The van der Waals surface area contributed by atoms with Crippen LogP contribution in [0.4, 0.5) is 5.69 Å². The van der Waals surface area contributed by atoms with Gasteiger partial charge in [-0.25, -0.2) is 0 Å². The van der Waals surface area contributed by atoms with Crippen LogP contribution in [-0.2, 0) is 10.2 Å². The monoisotopic (exact) mass is 407 g/mol. The number of Topliss-reactive ketones (excluding diaryl/α,β-unsaturated/α-hetero) is 1. The first-order valence-corrected chi connectivity index (χ1v) is 7.94. The summed E-state index contributed by atoms with van der Waals surface area (Å²) in [6, 6.07) is 12.7. The van der Waals surface area contributed by atoms with Crippen LogP contribution in [0.1, 0.15) is 22.8 Å². The van der Waals surface area contributed by atoms with E-state index in [1.54, 1.807) is 31.2 Å². The molecule has 0 saturated heterocycles. The zero-order valence-electron chi connectivity index (χ0n) is 11.1. The van der Waals surface area contributed by atoms with Crippen molar-refractivity contribution in [1.82, 2.24) is 0 Å². The van der Waals surface area contributed by atoms with E-state index in [0.717, 1.165) is 4.47 Å². The molecule has 0 aromatic heterocycles. The van der Waals surface area contributed by atoms with Gasteiger partial charge in [0, 0.05) is 8.95 Å². The first kappa shape index (κ1) is 14.5. The van der Waals surface area contributed by atoms with Crippen molar-refractivity contribution >= 4 is 49.2 Å². The van der Waals surface area contributed by atoms with Crippen LogP contribution in [0.3, 0.4) is 0 Å². The number of nitrogens with one attached hydrogen (secondary N) is 1. The highest BCUT2D eigenvalue weighted by molar-refractivity contribution is 9.11. The van der Waals surface area contributed by atoms with Gasteiger partial charge < -0.3 is 5.32 Å². The second-order valence-electron chi connectivity index (χ2n) is 5.08. The SMILES string of the molecule is CC1(c2ccccc2)C(=O)Nc2cc(Br)cc(Br)c2C1=O. The topological polar surface area (TPSA) is 46.2 Å². The Bertz CT molecular complexity index is 758. The van der Waals surface area contributed by atoms with Crippen molar-refractivity contribution in [2.24, 2.45) is 0 Å². The molecule has 3 nitrogen and oxygen atoms in total. The van der Waals surface area contributed by atoms with E-state index in [1.165, 1.54) is 0 Å². The summed E-state index contributed by atoms with van der Waals surface area (Å²) in [6.45, 7) is 1.66. The third-order valence-corrected chi connectivity index (χ3v) is 4.87. The predicted molar refractivity (Wildman–Crippen MR) is 88.6 cm³/mol. The lowest BCUT2D eigenvalue weighted by Crippen LogP contribution is -2.48. The van der Waals surface area contributed by atoms with Crippen molar-refractivity contribution in [1.29, 1.82) is 0 Å². The molecule has 2 aromatic rings. The third kappa shape index (κ3) is 2.15. The molecule has 1 unspecified atom stereocenters. The van der Waals surface area contributed by atoms with Gasteiger partial charge in [-0.3, -0.25) is 9.59 Å². The predicted octanol–water partition coefficient (Wildman–Crippen LogP) is 4.30. The van der Waals surface area contributed by atoms with Gasteiger partial charge in [0.1, 0.15) is 5.41 Å². The highest BCUT2D eigenvalue weighted by Gasteiger charge is 2.48. The van der Waals surface area contributed by atoms with Gasteiger partial charge in [-0.2, -0.15) is 0 Å². The van der Waals surface area contributed by atoms with E-state index in [2.05, 4.69) is 37.2 Å². The van der Waals surface area contributed by atoms with Gasteiger partial charge in [0.05, 0.1) is 11.3 Å². The van der Waals surface area contributed by atoms with Crippen LogP contribution in [0.25, 0.3) is 0 Å². The molecule has 0 fully saturated rings. The second-order valence-corrected chi connectivity index (χ2v) is 6.85. The second kappa shape index (κ2) is 5.07. The van der Waals surface area contributed by atoms with E-state index in [0.29, 0.717) is 21.3 Å². The van der Waals surface area contributed by atoms with Crippen LogP contribution in [0.5, 0.6) is 0 Å². The van der Waals surface area contributed by atoms with Gasteiger partial charge in [-0.1, -0.05) is 46.3 Å². The number of rotatable bonds is 1. The number of anilines is 1. The summed E-state index contributed by atoms with van der Waals surface area (Å²) in [5.74, 6) is -0.511. The number of amides is 1. The lowest BCUT2D eigenvalue weighted by Gasteiger charge is -2.33. The number of carbonyl (C=O) groups excluding carboxylic acids is 2. The van der Waals surface area contributed by atoms with Crippen molar-refractivity contribution in [3.63, 3.8) is 0 Å². The highest BCUT2D eigenvalue weighted by atomic mass is 79.9. The van der Waals surface area contributed by atoms with Crippen molar-refractivity contribution in [3.05, 3.63) is 62.5 Å². The molecule has 1 atom stereocenters. The summed E-state index contributed by atoms with van der Waals surface area (Å²) in [6.07, 6.45) is 0. The number of halogens is 2. The molecule has 1 aliphatic rings. The number of hydrogen-bond acceptors (Lipinski definition) is 2. The number of ketones is 1. The van der Waals surface area contributed by atoms with E-state index in [9.17, 15) is 9.59 Å². The molecule has 106 valence electrons. The Kier molecular flexibility index (Phi) is 3.50. The quantitative estimate of drug-likeness (QED) is 0.715. The van der Waals surface area contributed by atoms with Crippen LogP contribution in [0.15, 0.2) is 51.4 Å². The smallest absolute Gasteiger partial charge is 0.242 e. The Morgan fingerprint density at radius 2 is 1.71 bits per heavy atom. The molecule has 1 amide bonds. The van der Waals surface area contributed by atoms with Gasteiger partial charge >= 0.3 is 0 Å². The van der Waals surface area contributed by atoms with Crippen molar-refractivity contribution in [3.8, 4) is 0 Å². The molecule has 1 N–H and O–H groups in total. The first-order valence-electron chi connectivity index (χ1n) is 6.35. The maximum Gasteiger partial charge on any atom is 0.242 e.